The van der Waals surface area contributed by atoms with E-state index in [1.54, 1.807) is 6.92 Å². The Labute approximate surface area is 126 Å². The molecule has 0 aliphatic heterocycles. The predicted molar refractivity (Wildman–Crippen MR) is 81.5 cm³/mol. The van der Waals surface area contributed by atoms with E-state index in [4.69, 9.17) is 4.74 Å². The second-order valence-corrected chi connectivity index (χ2v) is 6.65. The van der Waals surface area contributed by atoms with Gasteiger partial charge in [0.25, 0.3) is 0 Å². The molecular formula is C15H28F2O2S. The smallest absolute Gasteiger partial charge is 0.319 e. The van der Waals surface area contributed by atoms with E-state index in [1.165, 1.54) is 11.8 Å². The molecular weight excluding hydrogens is 282 g/mol. The molecule has 5 heteroatoms. The van der Waals surface area contributed by atoms with E-state index >= 15 is 0 Å². The summed E-state index contributed by atoms with van der Waals surface area (Å²) >= 11 is 1.45. The van der Waals surface area contributed by atoms with Gasteiger partial charge in [0, 0.05) is 12.8 Å². The number of carbonyl (C=O) groups is 1. The van der Waals surface area contributed by atoms with Crippen LogP contribution in [0, 0.1) is 0 Å². The van der Waals surface area contributed by atoms with Crippen molar-refractivity contribution in [3.63, 3.8) is 0 Å². The standard InChI is InChI=1S/C15H28F2O2S/c1-5-8-13(14(18)19-12(3)4)20-11-7-10-15(16,17)9-6-2/h12-13H,5-11H2,1-4H3. The third kappa shape index (κ3) is 9.56. The molecule has 0 heterocycles. The minimum Gasteiger partial charge on any atom is -0.462 e. The van der Waals surface area contributed by atoms with E-state index in [2.05, 4.69) is 0 Å². The molecule has 0 saturated heterocycles. The third-order valence-electron chi connectivity index (χ3n) is 2.79. The molecule has 2 nitrogen and oxygen atoms in total. The Morgan fingerprint density at radius 1 is 1.20 bits per heavy atom. The lowest BCUT2D eigenvalue weighted by Crippen LogP contribution is -2.24. The van der Waals surface area contributed by atoms with Gasteiger partial charge in [-0.15, -0.1) is 11.8 Å². The minimum absolute atomic E-state index is 0.0502. The zero-order chi connectivity index (χ0) is 15.6. The number of thioether (sulfide) groups is 1. The molecule has 120 valence electrons. The molecule has 0 aromatic rings. The molecule has 0 aromatic carbocycles. The normalized spacial score (nSPS) is 13.6. The highest BCUT2D eigenvalue weighted by Gasteiger charge is 2.27. The molecule has 0 rings (SSSR count). The quantitative estimate of drug-likeness (QED) is 0.394. The Morgan fingerprint density at radius 3 is 2.35 bits per heavy atom. The van der Waals surface area contributed by atoms with E-state index in [-0.39, 0.29) is 30.2 Å². The first-order chi connectivity index (χ1) is 9.32. The minimum atomic E-state index is -2.56. The van der Waals surface area contributed by atoms with E-state index in [0.717, 1.165) is 12.8 Å². The number of esters is 1. The molecule has 0 radical (unpaired) electrons. The molecule has 0 saturated carbocycles. The lowest BCUT2D eigenvalue weighted by molar-refractivity contribution is -0.146. The zero-order valence-corrected chi connectivity index (χ0v) is 13.9. The van der Waals surface area contributed by atoms with Crippen molar-refractivity contribution in [3.8, 4) is 0 Å². The second kappa shape index (κ2) is 10.4. The maximum Gasteiger partial charge on any atom is 0.319 e. The van der Waals surface area contributed by atoms with Crippen molar-refractivity contribution in [1.29, 1.82) is 0 Å². The largest absolute Gasteiger partial charge is 0.462 e. The molecule has 0 aliphatic carbocycles. The van der Waals surface area contributed by atoms with Crippen LogP contribution in [0.1, 0.15) is 66.2 Å². The number of alkyl halides is 2. The van der Waals surface area contributed by atoms with E-state index < -0.39 is 5.92 Å². The van der Waals surface area contributed by atoms with Crippen LogP contribution in [0.5, 0.6) is 0 Å². The Bertz CT molecular complexity index is 271. The summed E-state index contributed by atoms with van der Waals surface area (Å²) in [4.78, 5) is 11.8. The Balaban J connectivity index is 4.06. The van der Waals surface area contributed by atoms with Crippen LogP contribution in [-0.4, -0.2) is 29.0 Å². The van der Waals surface area contributed by atoms with Crippen molar-refractivity contribution in [2.75, 3.05) is 5.75 Å². The van der Waals surface area contributed by atoms with E-state index in [9.17, 15) is 13.6 Å². The molecule has 0 amide bonds. The highest BCUT2D eigenvalue weighted by Crippen LogP contribution is 2.28. The van der Waals surface area contributed by atoms with Crippen molar-refractivity contribution in [3.05, 3.63) is 0 Å². The first kappa shape index (κ1) is 19.7. The highest BCUT2D eigenvalue weighted by atomic mass is 32.2. The van der Waals surface area contributed by atoms with Gasteiger partial charge in [0.15, 0.2) is 0 Å². The zero-order valence-electron chi connectivity index (χ0n) is 13.1. The average Bonchev–Trinajstić information content (AvgIpc) is 2.32. The lowest BCUT2D eigenvalue weighted by atomic mass is 10.1. The summed E-state index contributed by atoms with van der Waals surface area (Å²) in [5.41, 5.74) is 0. The third-order valence-corrected chi connectivity index (χ3v) is 4.14. The molecule has 0 aromatic heterocycles. The molecule has 20 heavy (non-hydrogen) atoms. The van der Waals surface area contributed by atoms with Gasteiger partial charge in [-0.2, -0.15) is 0 Å². The van der Waals surface area contributed by atoms with Gasteiger partial charge in [-0.1, -0.05) is 26.7 Å². The Kier molecular flexibility index (Phi) is 10.2. The van der Waals surface area contributed by atoms with Crippen molar-refractivity contribution in [2.45, 2.75) is 83.5 Å². The summed E-state index contributed by atoms with van der Waals surface area (Å²) in [5, 5.41) is -0.220. The molecule has 1 unspecified atom stereocenters. The summed E-state index contributed by atoms with van der Waals surface area (Å²) in [6.45, 7) is 7.40. The maximum absolute atomic E-state index is 13.3. The summed E-state index contributed by atoms with van der Waals surface area (Å²) < 4.78 is 31.8. The monoisotopic (exact) mass is 310 g/mol. The number of rotatable bonds is 11. The van der Waals surface area contributed by atoms with E-state index in [0.29, 0.717) is 18.6 Å². The lowest BCUT2D eigenvalue weighted by Gasteiger charge is -2.18. The molecule has 1 atom stereocenters. The van der Waals surface area contributed by atoms with Crippen LogP contribution in [0.2, 0.25) is 0 Å². The van der Waals surface area contributed by atoms with Crippen molar-refractivity contribution in [1.82, 2.24) is 0 Å². The topological polar surface area (TPSA) is 26.3 Å². The summed E-state index contributed by atoms with van der Waals surface area (Å²) in [6.07, 6.45) is 2.29. The van der Waals surface area contributed by atoms with Gasteiger partial charge in [0.2, 0.25) is 5.92 Å². The SMILES string of the molecule is CCCC(SCCCC(F)(F)CCC)C(=O)OC(C)C. The fourth-order valence-corrected chi connectivity index (χ4v) is 3.08. The number of hydrogen-bond donors (Lipinski definition) is 0. The summed E-state index contributed by atoms with van der Waals surface area (Å²) in [7, 11) is 0. The Morgan fingerprint density at radius 2 is 1.85 bits per heavy atom. The molecule has 0 N–H and O–H groups in total. The van der Waals surface area contributed by atoms with Crippen molar-refractivity contribution in [2.24, 2.45) is 0 Å². The second-order valence-electron chi connectivity index (χ2n) is 5.34. The first-order valence-corrected chi connectivity index (χ1v) is 8.57. The van der Waals surface area contributed by atoms with Crippen LogP contribution in [0.25, 0.3) is 0 Å². The van der Waals surface area contributed by atoms with Crippen LogP contribution in [0.15, 0.2) is 0 Å². The molecule has 0 fully saturated rings. The Hall–Kier alpha value is -0.320. The van der Waals surface area contributed by atoms with Crippen LogP contribution in [0.3, 0.4) is 0 Å². The molecule has 0 aliphatic rings. The van der Waals surface area contributed by atoms with Gasteiger partial charge >= 0.3 is 5.97 Å². The van der Waals surface area contributed by atoms with Crippen molar-refractivity contribution < 1.29 is 18.3 Å². The average molecular weight is 310 g/mol. The van der Waals surface area contributed by atoms with Gasteiger partial charge in [-0.3, -0.25) is 4.79 Å². The number of hydrogen-bond acceptors (Lipinski definition) is 3. The van der Waals surface area contributed by atoms with Crippen LogP contribution >= 0.6 is 11.8 Å². The number of halogens is 2. The molecule has 0 bridgehead atoms. The number of carbonyl (C=O) groups excluding carboxylic acids is 1. The van der Waals surface area contributed by atoms with E-state index in [1.807, 2.05) is 20.8 Å². The summed E-state index contributed by atoms with van der Waals surface area (Å²) in [5.74, 6) is -2.20. The van der Waals surface area contributed by atoms with Gasteiger partial charge in [-0.25, -0.2) is 8.78 Å². The van der Waals surface area contributed by atoms with Gasteiger partial charge < -0.3 is 4.74 Å². The first-order valence-electron chi connectivity index (χ1n) is 7.52. The van der Waals surface area contributed by atoms with Crippen LogP contribution < -0.4 is 0 Å². The molecule has 0 spiro atoms. The maximum atomic E-state index is 13.3. The van der Waals surface area contributed by atoms with Crippen LogP contribution in [-0.2, 0) is 9.53 Å². The number of ether oxygens (including phenoxy) is 1. The predicted octanol–water partition coefficient (Wildman–Crippen LogP) is 5.06. The summed E-state index contributed by atoms with van der Waals surface area (Å²) in [6, 6.07) is 0. The van der Waals surface area contributed by atoms with Gasteiger partial charge in [-0.05, 0) is 32.4 Å². The van der Waals surface area contributed by atoms with Gasteiger partial charge in [0.1, 0.15) is 5.25 Å². The fourth-order valence-electron chi connectivity index (χ4n) is 1.89. The van der Waals surface area contributed by atoms with Gasteiger partial charge in [0.05, 0.1) is 6.10 Å². The van der Waals surface area contributed by atoms with Crippen molar-refractivity contribution >= 4 is 17.7 Å². The highest BCUT2D eigenvalue weighted by molar-refractivity contribution is 8.00. The van der Waals surface area contributed by atoms with Crippen LogP contribution in [0.4, 0.5) is 8.78 Å². The fraction of sp³-hybridized carbons (Fsp3) is 0.933.